The topological polar surface area (TPSA) is 43.9 Å². The second-order valence-corrected chi connectivity index (χ2v) is 4.70. The second-order valence-electron chi connectivity index (χ2n) is 4.43. The predicted octanol–water partition coefficient (Wildman–Crippen LogP) is 3.40. The molecule has 0 aliphatic carbocycles. The van der Waals surface area contributed by atoms with E-state index in [-0.39, 0.29) is 11.4 Å². The Morgan fingerprint density at radius 2 is 2.10 bits per heavy atom. The molecule has 2 heterocycles. The van der Waals surface area contributed by atoms with Crippen molar-refractivity contribution in [3.63, 3.8) is 0 Å². The molecule has 0 unspecified atom stereocenters. The number of hydrogen-bond acceptors (Lipinski definition) is 3. The Hall–Kier alpha value is -1.95. The Kier molecular flexibility index (Phi) is 3.17. The predicted molar refractivity (Wildman–Crippen MR) is 69.5 cm³/mol. The van der Waals surface area contributed by atoms with Crippen molar-refractivity contribution in [3.05, 3.63) is 47.1 Å². The largest absolute Gasteiger partial charge is 0.361 e. The lowest BCUT2D eigenvalue weighted by Crippen LogP contribution is -2.04. The fraction of sp³-hybridized carbons (Fsp3) is 0.231. The van der Waals surface area contributed by atoms with Crippen LogP contribution in [0, 0.1) is 18.6 Å². The first kappa shape index (κ1) is 13.1. The molecule has 7 heteroatoms. The van der Waals surface area contributed by atoms with Crippen LogP contribution in [0.2, 0.25) is 0 Å². The van der Waals surface area contributed by atoms with Crippen LogP contribution in [0.4, 0.5) is 8.78 Å². The summed E-state index contributed by atoms with van der Waals surface area (Å²) in [4.78, 5) is 4.11. The van der Waals surface area contributed by atoms with Crippen molar-refractivity contribution in [1.29, 1.82) is 0 Å². The van der Waals surface area contributed by atoms with Gasteiger partial charge >= 0.3 is 0 Å². The third kappa shape index (κ3) is 2.16. The number of nitrogens with zero attached hydrogens (tertiary/aromatic N) is 3. The molecule has 0 amide bonds. The molecule has 0 saturated heterocycles. The summed E-state index contributed by atoms with van der Waals surface area (Å²) in [5.74, 6) is -0.164. The van der Waals surface area contributed by atoms with Crippen molar-refractivity contribution in [1.82, 2.24) is 14.7 Å². The number of imidazole rings is 1. The molecule has 3 rings (SSSR count). The number of hydrogen-bond donors (Lipinski definition) is 0. The molecular formula is C13H10ClF2N3O. The molecule has 0 atom stereocenters. The van der Waals surface area contributed by atoms with E-state index >= 15 is 0 Å². The quantitative estimate of drug-likeness (QED) is 0.696. The number of aryl methyl sites for hydroxylation is 1. The summed E-state index contributed by atoms with van der Waals surface area (Å²) < 4.78 is 33.7. The summed E-state index contributed by atoms with van der Waals surface area (Å²) in [6, 6.07) is 3.78. The maximum Gasteiger partial charge on any atom is 0.153 e. The minimum absolute atomic E-state index is 0.0899. The molecule has 4 nitrogen and oxygen atoms in total. The molecule has 1 aromatic carbocycles. The highest BCUT2D eigenvalue weighted by Crippen LogP contribution is 2.23. The third-order valence-electron chi connectivity index (χ3n) is 2.97. The van der Waals surface area contributed by atoms with Crippen LogP contribution in [0.3, 0.4) is 0 Å². The van der Waals surface area contributed by atoms with E-state index in [2.05, 4.69) is 10.1 Å². The molecule has 3 aromatic rings. The van der Waals surface area contributed by atoms with Crippen LogP contribution in [0.1, 0.15) is 17.3 Å². The highest BCUT2D eigenvalue weighted by Gasteiger charge is 2.16. The summed E-state index contributed by atoms with van der Waals surface area (Å²) >= 11 is 5.82. The Labute approximate surface area is 118 Å². The number of halogens is 3. The van der Waals surface area contributed by atoms with Crippen LogP contribution in [0.5, 0.6) is 0 Å². The third-order valence-corrected chi connectivity index (χ3v) is 3.21. The average molecular weight is 298 g/mol. The van der Waals surface area contributed by atoms with Crippen molar-refractivity contribution < 1.29 is 13.3 Å². The smallest absolute Gasteiger partial charge is 0.153 e. The zero-order valence-corrected chi connectivity index (χ0v) is 11.3. The Morgan fingerprint density at radius 1 is 1.30 bits per heavy atom. The van der Waals surface area contributed by atoms with E-state index in [0.717, 1.165) is 6.07 Å². The van der Waals surface area contributed by atoms with Gasteiger partial charge in [0.05, 0.1) is 17.9 Å². The van der Waals surface area contributed by atoms with Gasteiger partial charge in [0.15, 0.2) is 5.82 Å². The van der Waals surface area contributed by atoms with Crippen molar-refractivity contribution in [2.45, 2.75) is 19.3 Å². The SMILES string of the molecule is Cc1cc(Cn2c(CCl)nc3c(F)cc(F)cc32)no1. The molecule has 0 saturated carbocycles. The van der Waals surface area contributed by atoms with Gasteiger partial charge in [-0.25, -0.2) is 13.8 Å². The van der Waals surface area contributed by atoms with Gasteiger partial charge in [0.2, 0.25) is 0 Å². The van der Waals surface area contributed by atoms with Gasteiger partial charge in [0, 0.05) is 12.1 Å². The number of benzene rings is 1. The van der Waals surface area contributed by atoms with Crippen LogP contribution >= 0.6 is 11.6 Å². The second kappa shape index (κ2) is 4.86. The minimum Gasteiger partial charge on any atom is -0.361 e. The van der Waals surface area contributed by atoms with Crippen LogP contribution in [-0.4, -0.2) is 14.7 Å². The monoisotopic (exact) mass is 297 g/mol. The zero-order valence-electron chi connectivity index (χ0n) is 10.5. The van der Waals surface area contributed by atoms with Crippen molar-refractivity contribution in [2.24, 2.45) is 0 Å². The molecule has 0 bridgehead atoms. The van der Waals surface area contributed by atoms with Crippen LogP contribution in [-0.2, 0) is 12.4 Å². The van der Waals surface area contributed by atoms with Gasteiger partial charge in [-0.1, -0.05) is 5.16 Å². The summed E-state index contributed by atoms with van der Waals surface area (Å²) in [6.07, 6.45) is 0. The first-order valence-electron chi connectivity index (χ1n) is 5.91. The Balaban J connectivity index is 2.17. The molecular weight excluding hydrogens is 288 g/mol. The Bertz CT molecular complexity index is 781. The van der Waals surface area contributed by atoms with Gasteiger partial charge in [-0.3, -0.25) is 0 Å². The van der Waals surface area contributed by atoms with E-state index in [1.807, 2.05) is 0 Å². The number of rotatable bonds is 3. The van der Waals surface area contributed by atoms with E-state index in [1.165, 1.54) is 6.07 Å². The minimum atomic E-state index is -0.707. The highest BCUT2D eigenvalue weighted by molar-refractivity contribution is 6.16. The fourth-order valence-corrected chi connectivity index (χ4v) is 2.33. The van der Waals surface area contributed by atoms with Crippen LogP contribution in [0.25, 0.3) is 11.0 Å². The lowest BCUT2D eigenvalue weighted by Gasteiger charge is -2.05. The standard InChI is InChI=1S/C13H10ClF2N3O/c1-7-2-9(18-20-7)6-19-11-4-8(15)3-10(16)13(11)17-12(19)5-14/h2-4H,5-6H2,1H3. The number of aromatic nitrogens is 3. The van der Waals surface area contributed by atoms with Gasteiger partial charge < -0.3 is 9.09 Å². The molecule has 0 N–H and O–H groups in total. The van der Waals surface area contributed by atoms with Gasteiger partial charge in [-0.2, -0.15) is 0 Å². The van der Waals surface area contributed by atoms with Crippen molar-refractivity contribution >= 4 is 22.6 Å². The Morgan fingerprint density at radius 3 is 2.75 bits per heavy atom. The summed E-state index contributed by atoms with van der Waals surface area (Å²) in [5.41, 5.74) is 1.08. The molecule has 0 radical (unpaired) electrons. The molecule has 104 valence electrons. The van der Waals surface area contributed by atoms with Gasteiger partial charge in [0.1, 0.15) is 28.6 Å². The van der Waals surface area contributed by atoms with Crippen molar-refractivity contribution in [3.8, 4) is 0 Å². The summed E-state index contributed by atoms with van der Waals surface area (Å²) in [7, 11) is 0. The van der Waals surface area contributed by atoms with Gasteiger partial charge in [0.25, 0.3) is 0 Å². The van der Waals surface area contributed by atoms with E-state index in [9.17, 15) is 8.78 Å². The maximum absolute atomic E-state index is 13.7. The molecule has 2 aromatic heterocycles. The van der Waals surface area contributed by atoms with Gasteiger partial charge in [-0.15, -0.1) is 11.6 Å². The van der Waals surface area contributed by atoms with E-state index < -0.39 is 11.6 Å². The highest BCUT2D eigenvalue weighted by atomic mass is 35.5. The lowest BCUT2D eigenvalue weighted by molar-refractivity contribution is 0.389. The molecule has 20 heavy (non-hydrogen) atoms. The van der Waals surface area contributed by atoms with E-state index in [1.54, 1.807) is 17.6 Å². The normalized spacial score (nSPS) is 11.4. The first-order valence-corrected chi connectivity index (χ1v) is 6.44. The van der Waals surface area contributed by atoms with Gasteiger partial charge in [-0.05, 0) is 13.0 Å². The van der Waals surface area contributed by atoms with Crippen LogP contribution < -0.4 is 0 Å². The average Bonchev–Trinajstić information content (AvgIpc) is 2.95. The molecule has 0 spiro atoms. The zero-order chi connectivity index (χ0) is 14.3. The summed E-state index contributed by atoms with van der Waals surface area (Å²) in [6.45, 7) is 2.06. The lowest BCUT2D eigenvalue weighted by atomic mass is 10.3. The first-order chi connectivity index (χ1) is 9.58. The van der Waals surface area contributed by atoms with E-state index in [0.29, 0.717) is 29.3 Å². The van der Waals surface area contributed by atoms with E-state index in [4.69, 9.17) is 16.1 Å². The number of fused-ring (bicyclic) bond motifs is 1. The summed E-state index contributed by atoms with van der Waals surface area (Å²) in [5, 5.41) is 3.86. The molecule has 0 aliphatic heterocycles. The fourth-order valence-electron chi connectivity index (χ4n) is 2.13. The molecule has 0 fully saturated rings. The van der Waals surface area contributed by atoms with Crippen molar-refractivity contribution in [2.75, 3.05) is 0 Å². The maximum atomic E-state index is 13.7. The molecule has 0 aliphatic rings. The number of alkyl halides is 1. The van der Waals surface area contributed by atoms with Crippen LogP contribution in [0.15, 0.2) is 22.7 Å².